The zero-order valence-electron chi connectivity index (χ0n) is 16.0. The first-order valence-electron chi connectivity index (χ1n) is 8.96. The van der Waals surface area contributed by atoms with Crippen molar-refractivity contribution in [2.75, 3.05) is 11.1 Å². The van der Waals surface area contributed by atoms with Crippen LogP contribution in [-0.4, -0.2) is 31.4 Å². The number of imidazole rings is 1. The van der Waals surface area contributed by atoms with Crippen LogP contribution in [0.1, 0.15) is 16.3 Å². The van der Waals surface area contributed by atoms with E-state index in [1.165, 1.54) is 28.7 Å². The van der Waals surface area contributed by atoms with Gasteiger partial charge in [0, 0.05) is 0 Å². The molecular formula is C20H19N5O2S2. The normalized spacial score (nSPS) is 11.0. The molecule has 3 aromatic heterocycles. The third-order valence-electron chi connectivity index (χ3n) is 4.17. The number of nitrogens with one attached hydrogen (secondary N) is 1. The lowest BCUT2D eigenvalue weighted by atomic mass is 10.1. The molecule has 0 aliphatic rings. The second-order valence-electron chi connectivity index (χ2n) is 6.42. The predicted molar refractivity (Wildman–Crippen MR) is 114 cm³/mol. The van der Waals surface area contributed by atoms with Gasteiger partial charge in [-0.1, -0.05) is 52.9 Å². The molecule has 9 heteroatoms. The van der Waals surface area contributed by atoms with Crippen LogP contribution in [-0.2, 0) is 11.3 Å². The summed E-state index contributed by atoms with van der Waals surface area (Å²) in [6, 6.07) is 12.1. The number of carbonyl (C=O) groups excluding carboxylic acids is 1. The van der Waals surface area contributed by atoms with Crippen LogP contribution in [0.5, 0.6) is 0 Å². The summed E-state index contributed by atoms with van der Waals surface area (Å²) >= 11 is 2.73. The number of thioether (sulfide) groups is 1. The average Bonchev–Trinajstić information content (AvgIpc) is 3.44. The molecule has 0 atom stereocenters. The van der Waals surface area contributed by atoms with E-state index in [1.54, 1.807) is 6.26 Å². The first-order chi connectivity index (χ1) is 14.1. The standard InChI is InChI=1S/C20H19N5O2S2/c1-13-5-7-15(8-6-13)17-10-21-20(25(17)11-16-4-3-9-27-16)28-12-18(26)22-19-24-23-14(2)29-19/h3-10H,11-12H2,1-2H3,(H,22,24,26). The van der Waals surface area contributed by atoms with Crippen molar-refractivity contribution in [2.45, 2.75) is 25.5 Å². The molecule has 1 aromatic carbocycles. The van der Waals surface area contributed by atoms with Crippen LogP contribution in [0.25, 0.3) is 11.3 Å². The van der Waals surface area contributed by atoms with Crippen molar-refractivity contribution in [1.29, 1.82) is 0 Å². The van der Waals surface area contributed by atoms with Crippen LogP contribution in [0, 0.1) is 13.8 Å². The highest BCUT2D eigenvalue weighted by Gasteiger charge is 2.16. The quantitative estimate of drug-likeness (QED) is 0.442. The van der Waals surface area contributed by atoms with Gasteiger partial charge >= 0.3 is 0 Å². The Morgan fingerprint density at radius 2 is 2.03 bits per heavy atom. The largest absolute Gasteiger partial charge is 0.467 e. The van der Waals surface area contributed by atoms with E-state index in [9.17, 15) is 4.79 Å². The molecule has 3 heterocycles. The summed E-state index contributed by atoms with van der Waals surface area (Å²) in [6.07, 6.45) is 3.49. The molecule has 0 radical (unpaired) electrons. The molecule has 0 bridgehead atoms. The van der Waals surface area contributed by atoms with Crippen LogP contribution in [0.15, 0.2) is 58.4 Å². The number of benzene rings is 1. The van der Waals surface area contributed by atoms with Crippen molar-refractivity contribution < 1.29 is 9.21 Å². The van der Waals surface area contributed by atoms with Crippen molar-refractivity contribution in [3.05, 3.63) is 65.2 Å². The Morgan fingerprint density at radius 1 is 1.21 bits per heavy atom. The second-order valence-corrected chi connectivity index (χ2v) is 8.54. The second kappa shape index (κ2) is 8.62. The highest BCUT2D eigenvalue weighted by atomic mass is 32.2. The summed E-state index contributed by atoms with van der Waals surface area (Å²) in [5.41, 5.74) is 3.24. The first-order valence-corrected chi connectivity index (χ1v) is 10.8. The van der Waals surface area contributed by atoms with Crippen LogP contribution < -0.4 is 5.32 Å². The SMILES string of the molecule is Cc1ccc(-c2cnc(SCC(=O)Nc3nnc(C)s3)n2Cc2ccco2)cc1. The highest BCUT2D eigenvalue weighted by molar-refractivity contribution is 7.99. The lowest BCUT2D eigenvalue weighted by molar-refractivity contribution is -0.113. The Balaban J connectivity index is 1.54. The Kier molecular flexibility index (Phi) is 5.77. The van der Waals surface area contributed by atoms with Gasteiger partial charge in [-0.05, 0) is 31.5 Å². The van der Waals surface area contributed by atoms with E-state index in [-0.39, 0.29) is 11.7 Å². The van der Waals surface area contributed by atoms with Gasteiger partial charge in [-0.3, -0.25) is 10.1 Å². The molecule has 0 aliphatic heterocycles. The van der Waals surface area contributed by atoms with E-state index >= 15 is 0 Å². The van der Waals surface area contributed by atoms with Crippen molar-refractivity contribution >= 4 is 34.1 Å². The number of rotatable bonds is 7. The number of furan rings is 1. The fourth-order valence-corrected chi connectivity index (χ4v) is 4.16. The molecule has 0 unspecified atom stereocenters. The summed E-state index contributed by atoms with van der Waals surface area (Å²) in [4.78, 5) is 16.8. The summed E-state index contributed by atoms with van der Waals surface area (Å²) in [6.45, 7) is 4.44. The maximum atomic E-state index is 12.3. The van der Waals surface area contributed by atoms with Gasteiger partial charge in [0.2, 0.25) is 11.0 Å². The van der Waals surface area contributed by atoms with Gasteiger partial charge in [-0.2, -0.15) is 0 Å². The average molecular weight is 426 g/mol. The Hall–Kier alpha value is -2.91. The minimum absolute atomic E-state index is 0.143. The van der Waals surface area contributed by atoms with Gasteiger partial charge in [0.05, 0.1) is 30.5 Å². The zero-order valence-corrected chi connectivity index (χ0v) is 17.6. The van der Waals surface area contributed by atoms with Gasteiger partial charge in [0.1, 0.15) is 10.8 Å². The number of nitrogens with zero attached hydrogens (tertiary/aromatic N) is 4. The van der Waals surface area contributed by atoms with E-state index in [4.69, 9.17) is 4.42 Å². The Bertz CT molecular complexity index is 1100. The fourth-order valence-electron chi connectivity index (χ4n) is 2.77. The summed E-state index contributed by atoms with van der Waals surface area (Å²) < 4.78 is 7.59. The number of carbonyl (C=O) groups is 1. The first kappa shape index (κ1) is 19.4. The molecule has 0 spiro atoms. The van der Waals surface area contributed by atoms with Crippen molar-refractivity contribution in [3.63, 3.8) is 0 Å². The predicted octanol–water partition coefficient (Wildman–Crippen LogP) is 4.39. The van der Waals surface area contributed by atoms with Crippen LogP contribution >= 0.6 is 23.1 Å². The van der Waals surface area contributed by atoms with Crippen molar-refractivity contribution in [2.24, 2.45) is 0 Å². The van der Waals surface area contributed by atoms with E-state index in [0.717, 1.165) is 27.2 Å². The molecule has 4 rings (SSSR count). The zero-order chi connectivity index (χ0) is 20.2. The Morgan fingerprint density at radius 3 is 2.72 bits per heavy atom. The van der Waals surface area contributed by atoms with Gasteiger partial charge in [-0.25, -0.2) is 4.98 Å². The lowest BCUT2D eigenvalue weighted by Crippen LogP contribution is -2.14. The van der Waals surface area contributed by atoms with Gasteiger partial charge in [0.15, 0.2) is 5.16 Å². The molecule has 148 valence electrons. The lowest BCUT2D eigenvalue weighted by Gasteiger charge is -2.11. The monoisotopic (exact) mass is 425 g/mol. The molecule has 4 aromatic rings. The summed E-state index contributed by atoms with van der Waals surface area (Å²) in [5, 5.41) is 12.7. The van der Waals surface area contributed by atoms with Crippen LogP contribution in [0.2, 0.25) is 0 Å². The topological polar surface area (TPSA) is 85.8 Å². The minimum atomic E-state index is -0.143. The van der Waals surface area contributed by atoms with E-state index < -0.39 is 0 Å². The number of aryl methyl sites for hydroxylation is 2. The van der Waals surface area contributed by atoms with E-state index in [2.05, 4.69) is 56.3 Å². The molecule has 29 heavy (non-hydrogen) atoms. The van der Waals surface area contributed by atoms with E-state index in [1.807, 2.05) is 25.3 Å². The molecule has 1 N–H and O–H groups in total. The number of amides is 1. The van der Waals surface area contributed by atoms with Crippen molar-refractivity contribution in [3.8, 4) is 11.3 Å². The van der Waals surface area contributed by atoms with Crippen LogP contribution in [0.3, 0.4) is 0 Å². The minimum Gasteiger partial charge on any atom is -0.467 e. The highest BCUT2D eigenvalue weighted by Crippen LogP contribution is 2.28. The van der Waals surface area contributed by atoms with Crippen molar-refractivity contribution in [1.82, 2.24) is 19.7 Å². The van der Waals surface area contributed by atoms with Gasteiger partial charge < -0.3 is 8.98 Å². The molecule has 7 nitrogen and oxygen atoms in total. The molecule has 1 amide bonds. The fraction of sp³-hybridized carbons (Fsp3) is 0.200. The van der Waals surface area contributed by atoms with E-state index in [0.29, 0.717) is 11.7 Å². The molecule has 0 saturated heterocycles. The number of hydrogen-bond acceptors (Lipinski definition) is 7. The van der Waals surface area contributed by atoms with Crippen LogP contribution in [0.4, 0.5) is 5.13 Å². The van der Waals surface area contributed by atoms with Gasteiger partial charge in [-0.15, -0.1) is 10.2 Å². The Labute approximate surface area is 176 Å². The number of hydrogen-bond donors (Lipinski definition) is 1. The number of anilines is 1. The number of aromatic nitrogens is 4. The molecular weight excluding hydrogens is 406 g/mol. The summed E-state index contributed by atoms with van der Waals surface area (Å²) in [7, 11) is 0. The third kappa shape index (κ3) is 4.75. The molecule has 0 saturated carbocycles. The third-order valence-corrected chi connectivity index (χ3v) is 5.91. The maximum absolute atomic E-state index is 12.3. The molecule has 0 fully saturated rings. The van der Waals surface area contributed by atoms with Gasteiger partial charge in [0.25, 0.3) is 0 Å². The maximum Gasteiger partial charge on any atom is 0.236 e. The molecule has 0 aliphatic carbocycles. The smallest absolute Gasteiger partial charge is 0.236 e. The summed E-state index contributed by atoms with van der Waals surface area (Å²) in [5.74, 6) is 0.906.